The smallest absolute Gasteiger partial charge is 0.205 e. The van der Waals surface area contributed by atoms with Crippen LogP contribution in [0, 0.1) is 0 Å². The van der Waals surface area contributed by atoms with Gasteiger partial charge in [-0.05, 0) is 6.07 Å². The van der Waals surface area contributed by atoms with Crippen molar-refractivity contribution in [3.63, 3.8) is 0 Å². The standard InChI is InChI=1S/C14H10O7/c15-6-1-4-2-20-14-8-5(9(16)11(18)12(14)19)3-21-13(7(4)8)10(6)17/h1,15-19H,2-3H2. The summed E-state index contributed by atoms with van der Waals surface area (Å²) in [4.78, 5) is 0. The lowest BCUT2D eigenvalue weighted by atomic mass is 9.88. The molecule has 21 heavy (non-hydrogen) atoms. The Balaban J connectivity index is 2.18. The summed E-state index contributed by atoms with van der Waals surface area (Å²) in [5, 5.41) is 49.2. The normalized spacial score (nSPS) is 14.1. The van der Waals surface area contributed by atoms with Crippen LogP contribution < -0.4 is 9.47 Å². The van der Waals surface area contributed by atoms with E-state index in [1.54, 1.807) is 0 Å². The van der Waals surface area contributed by atoms with Gasteiger partial charge in [-0.1, -0.05) is 0 Å². The minimum atomic E-state index is -0.678. The van der Waals surface area contributed by atoms with Crippen molar-refractivity contribution in [2.45, 2.75) is 13.2 Å². The van der Waals surface area contributed by atoms with Crippen LogP contribution in [0.4, 0.5) is 0 Å². The second-order valence-electron chi connectivity index (χ2n) is 4.91. The average Bonchev–Trinajstić information content (AvgIpc) is 2.49. The Kier molecular flexibility index (Phi) is 2.01. The summed E-state index contributed by atoms with van der Waals surface area (Å²) in [5.41, 5.74) is 1.57. The topological polar surface area (TPSA) is 120 Å². The van der Waals surface area contributed by atoms with Gasteiger partial charge in [0.1, 0.15) is 13.2 Å². The maximum Gasteiger partial charge on any atom is 0.205 e. The first-order valence-corrected chi connectivity index (χ1v) is 6.14. The predicted octanol–water partition coefficient (Wildman–Crippen LogP) is 1.67. The fourth-order valence-corrected chi connectivity index (χ4v) is 2.79. The van der Waals surface area contributed by atoms with Gasteiger partial charge in [-0.25, -0.2) is 0 Å². The van der Waals surface area contributed by atoms with Crippen LogP contribution in [-0.2, 0) is 13.2 Å². The molecular formula is C14H10O7. The van der Waals surface area contributed by atoms with Gasteiger partial charge in [-0.2, -0.15) is 0 Å². The molecule has 7 nitrogen and oxygen atoms in total. The zero-order valence-corrected chi connectivity index (χ0v) is 10.5. The molecule has 0 atom stereocenters. The maximum atomic E-state index is 9.96. The number of rotatable bonds is 0. The third-order valence-electron chi connectivity index (χ3n) is 3.78. The van der Waals surface area contributed by atoms with Crippen LogP contribution in [0.1, 0.15) is 11.1 Å². The van der Waals surface area contributed by atoms with Gasteiger partial charge in [0.05, 0.1) is 0 Å². The van der Waals surface area contributed by atoms with Gasteiger partial charge in [0.2, 0.25) is 17.2 Å². The van der Waals surface area contributed by atoms with E-state index in [0.29, 0.717) is 16.7 Å². The van der Waals surface area contributed by atoms with Gasteiger partial charge in [0, 0.05) is 22.3 Å². The van der Waals surface area contributed by atoms with E-state index in [9.17, 15) is 25.5 Å². The maximum absolute atomic E-state index is 9.96. The molecule has 0 aliphatic carbocycles. The van der Waals surface area contributed by atoms with Crippen molar-refractivity contribution >= 4 is 0 Å². The largest absolute Gasteiger partial charge is 0.504 e. The van der Waals surface area contributed by atoms with Crippen molar-refractivity contribution in [1.29, 1.82) is 0 Å². The first-order valence-electron chi connectivity index (χ1n) is 6.14. The molecule has 0 amide bonds. The van der Waals surface area contributed by atoms with E-state index in [0.717, 1.165) is 0 Å². The van der Waals surface area contributed by atoms with E-state index in [2.05, 4.69) is 0 Å². The number of aromatic hydroxyl groups is 5. The van der Waals surface area contributed by atoms with E-state index in [4.69, 9.17) is 9.47 Å². The zero-order valence-electron chi connectivity index (χ0n) is 10.5. The minimum absolute atomic E-state index is 0.0161. The number of hydrogen-bond acceptors (Lipinski definition) is 7. The first kappa shape index (κ1) is 11.8. The van der Waals surface area contributed by atoms with Gasteiger partial charge in [-0.15, -0.1) is 0 Å². The highest BCUT2D eigenvalue weighted by atomic mass is 16.5. The molecule has 0 unspecified atom stereocenters. The second kappa shape index (κ2) is 3.57. The van der Waals surface area contributed by atoms with Crippen LogP contribution in [0.2, 0.25) is 0 Å². The number of phenols is 5. The summed E-state index contributed by atoms with van der Waals surface area (Å²) < 4.78 is 10.8. The van der Waals surface area contributed by atoms with E-state index >= 15 is 0 Å². The molecule has 5 N–H and O–H groups in total. The molecule has 0 saturated carbocycles. The summed E-state index contributed by atoms with van der Waals surface area (Å²) >= 11 is 0. The van der Waals surface area contributed by atoms with Gasteiger partial charge in [0.25, 0.3) is 0 Å². The number of benzene rings is 2. The molecule has 0 radical (unpaired) electrons. The Hall–Kier alpha value is -2.96. The molecule has 4 rings (SSSR count). The van der Waals surface area contributed by atoms with Crippen molar-refractivity contribution in [2.24, 2.45) is 0 Å². The number of ether oxygens (including phenoxy) is 2. The Morgan fingerprint density at radius 2 is 1.38 bits per heavy atom. The summed E-state index contributed by atoms with van der Waals surface area (Å²) in [6.45, 7) is -0.126. The number of phenolic OH excluding ortho intramolecular Hbond substituents is 5. The third-order valence-corrected chi connectivity index (χ3v) is 3.78. The Morgan fingerprint density at radius 3 is 2.14 bits per heavy atom. The molecule has 0 spiro atoms. The summed E-state index contributed by atoms with van der Waals surface area (Å²) in [6.07, 6.45) is 0. The molecule has 0 aromatic heterocycles. The molecule has 2 heterocycles. The molecule has 7 heteroatoms. The molecule has 2 aromatic carbocycles. The van der Waals surface area contributed by atoms with Crippen molar-refractivity contribution in [1.82, 2.24) is 0 Å². The first-order chi connectivity index (χ1) is 10.0. The SMILES string of the molecule is Oc1cc2c3c(c1O)OCc1c(O)c(O)c(O)c(c1-3)OC2. The van der Waals surface area contributed by atoms with Crippen molar-refractivity contribution in [3.05, 3.63) is 17.2 Å². The molecule has 2 aliphatic heterocycles. The van der Waals surface area contributed by atoms with Crippen LogP contribution in [0.15, 0.2) is 6.07 Å². The fraction of sp³-hybridized carbons (Fsp3) is 0.143. The lowest BCUT2D eigenvalue weighted by molar-refractivity contribution is 0.246. The molecule has 0 fully saturated rings. The number of hydrogen-bond donors (Lipinski definition) is 5. The summed E-state index contributed by atoms with van der Waals surface area (Å²) in [6, 6.07) is 1.33. The molecule has 0 bridgehead atoms. The predicted molar refractivity (Wildman–Crippen MR) is 68.9 cm³/mol. The van der Waals surface area contributed by atoms with Crippen LogP contribution in [-0.4, -0.2) is 25.5 Å². The summed E-state index contributed by atoms with van der Waals surface area (Å²) in [5.74, 6) is -2.43. The van der Waals surface area contributed by atoms with Crippen molar-refractivity contribution < 1.29 is 35.0 Å². The summed E-state index contributed by atoms with van der Waals surface area (Å²) in [7, 11) is 0. The highest BCUT2D eigenvalue weighted by molar-refractivity contribution is 5.91. The van der Waals surface area contributed by atoms with E-state index < -0.39 is 23.0 Å². The molecule has 2 aliphatic rings. The van der Waals surface area contributed by atoms with E-state index in [1.807, 2.05) is 0 Å². The quantitative estimate of drug-likeness (QED) is 0.468. The van der Waals surface area contributed by atoms with E-state index in [1.165, 1.54) is 6.07 Å². The van der Waals surface area contributed by atoms with Crippen molar-refractivity contribution in [2.75, 3.05) is 0 Å². The highest BCUT2D eigenvalue weighted by Gasteiger charge is 2.36. The fourth-order valence-electron chi connectivity index (χ4n) is 2.79. The zero-order chi connectivity index (χ0) is 14.9. The molecule has 0 saturated heterocycles. The Bertz CT molecular complexity index is 787. The molecule has 108 valence electrons. The van der Waals surface area contributed by atoms with Crippen LogP contribution in [0.3, 0.4) is 0 Å². The molecule has 2 aromatic rings. The molecular weight excluding hydrogens is 280 g/mol. The minimum Gasteiger partial charge on any atom is -0.504 e. The van der Waals surface area contributed by atoms with Gasteiger partial charge >= 0.3 is 0 Å². The second-order valence-corrected chi connectivity index (χ2v) is 4.91. The lowest BCUT2D eigenvalue weighted by Crippen LogP contribution is -2.15. The Morgan fingerprint density at radius 1 is 0.714 bits per heavy atom. The Labute approximate surface area is 117 Å². The van der Waals surface area contributed by atoms with Crippen LogP contribution in [0.5, 0.6) is 40.2 Å². The van der Waals surface area contributed by atoms with Gasteiger partial charge in [0.15, 0.2) is 23.0 Å². The van der Waals surface area contributed by atoms with Crippen LogP contribution >= 0.6 is 0 Å². The lowest BCUT2D eigenvalue weighted by Gasteiger charge is -2.30. The monoisotopic (exact) mass is 290 g/mol. The van der Waals surface area contributed by atoms with Crippen LogP contribution in [0.25, 0.3) is 11.1 Å². The van der Waals surface area contributed by atoms with E-state index in [-0.39, 0.29) is 36.0 Å². The van der Waals surface area contributed by atoms with Crippen molar-refractivity contribution in [3.8, 4) is 51.4 Å². The third kappa shape index (κ3) is 1.27. The van der Waals surface area contributed by atoms with Gasteiger partial charge < -0.3 is 35.0 Å². The highest BCUT2D eigenvalue weighted by Crippen LogP contribution is 2.60. The van der Waals surface area contributed by atoms with Gasteiger partial charge in [-0.3, -0.25) is 0 Å². The average molecular weight is 290 g/mol.